The first kappa shape index (κ1) is 47.9. The highest BCUT2D eigenvalue weighted by molar-refractivity contribution is 5.69. The maximum absolute atomic E-state index is 12.8. The third-order valence-electron chi connectivity index (χ3n) is 11.4. The summed E-state index contributed by atoms with van der Waals surface area (Å²) in [5, 5.41) is 9.61. The van der Waals surface area contributed by atoms with Crippen LogP contribution in [-0.4, -0.2) is 61.4 Å². The molecule has 0 aromatic carbocycles. The van der Waals surface area contributed by atoms with E-state index in [2.05, 4.69) is 25.7 Å². The second-order valence-corrected chi connectivity index (χ2v) is 16.3. The minimum absolute atomic E-state index is 0.0239. The van der Waals surface area contributed by atoms with Crippen molar-refractivity contribution in [2.45, 2.75) is 226 Å². The second kappa shape index (κ2) is 34.6. The summed E-state index contributed by atoms with van der Waals surface area (Å²) in [5.41, 5.74) is 0.376. The molecule has 0 aromatic heterocycles. The van der Waals surface area contributed by atoms with Gasteiger partial charge in [0.25, 0.3) is 0 Å². The van der Waals surface area contributed by atoms with Crippen LogP contribution in [0.3, 0.4) is 0 Å². The third-order valence-corrected chi connectivity index (χ3v) is 11.4. The second-order valence-electron chi connectivity index (χ2n) is 16.3. The standard InChI is InChI=1S/C45H87NO5/c1-4-7-10-13-14-18-23-30-43(48)50-40-27-20-15-19-25-36-46(38-39-47)37-26-24-32-45(34-35-45)33-31-44(49)51-41-42(28-21-16-11-8-5-2)29-22-17-12-9-6-3/h42,47H,4-41H2,1-3H3. The highest BCUT2D eigenvalue weighted by Gasteiger charge is 2.41. The van der Waals surface area contributed by atoms with Gasteiger partial charge in [-0.2, -0.15) is 0 Å². The normalized spacial score (nSPS) is 13.7. The summed E-state index contributed by atoms with van der Waals surface area (Å²) in [6, 6.07) is 0. The number of carbonyl (C=O) groups excluding carboxylic acids is 2. The van der Waals surface area contributed by atoms with Gasteiger partial charge in [-0.3, -0.25) is 9.59 Å². The van der Waals surface area contributed by atoms with Crippen LogP contribution in [0.5, 0.6) is 0 Å². The molecule has 0 unspecified atom stereocenters. The molecule has 0 saturated heterocycles. The number of hydrogen-bond donors (Lipinski definition) is 1. The van der Waals surface area contributed by atoms with Crippen LogP contribution in [0, 0.1) is 11.3 Å². The summed E-state index contributed by atoms with van der Waals surface area (Å²) < 4.78 is 11.3. The van der Waals surface area contributed by atoms with Crippen molar-refractivity contribution in [3.63, 3.8) is 0 Å². The van der Waals surface area contributed by atoms with Crippen LogP contribution in [0.15, 0.2) is 0 Å². The quantitative estimate of drug-likeness (QED) is 0.0501. The first-order valence-electron chi connectivity index (χ1n) is 22.6. The minimum atomic E-state index is -0.0239. The predicted molar refractivity (Wildman–Crippen MR) is 216 cm³/mol. The van der Waals surface area contributed by atoms with E-state index in [-0.39, 0.29) is 18.5 Å². The molecule has 0 amide bonds. The Morgan fingerprint density at radius 3 is 1.61 bits per heavy atom. The van der Waals surface area contributed by atoms with Crippen LogP contribution in [0.4, 0.5) is 0 Å². The number of aliphatic hydroxyl groups is 1. The van der Waals surface area contributed by atoms with Gasteiger partial charge in [-0.05, 0) is 88.6 Å². The summed E-state index contributed by atoms with van der Waals surface area (Å²) in [4.78, 5) is 27.1. The van der Waals surface area contributed by atoms with Crippen molar-refractivity contribution < 1.29 is 24.2 Å². The molecule has 0 bridgehead atoms. The zero-order valence-corrected chi connectivity index (χ0v) is 34.5. The zero-order valence-electron chi connectivity index (χ0n) is 34.5. The molecule has 1 fully saturated rings. The molecule has 1 saturated carbocycles. The van der Waals surface area contributed by atoms with E-state index in [1.165, 1.54) is 148 Å². The van der Waals surface area contributed by atoms with E-state index in [1.807, 2.05) is 0 Å². The molecule has 0 aromatic rings. The molecule has 0 atom stereocenters. The largest absolute Gasteiger partial charge is 0.466 e. The molecule has 0 radical (unpaired) electrons. The fourth-order valence-electron chi connectivity index (χ4n) is 7.60. The van der Waals surface area contributed by atoms with Gasteiger partial charge in [0.1, 0.15) is 0 Å². The molecule has 1 aliphatic carbocycles. The van der Waals surface area contributed by atoms with E-state index in [9.17, 15) is 14.7 Å². The molecular weight excluding hydrogens is 634 g/mol. The van der Waals surface area contributed by atoms with E-state index in [4.69, 9.17) is 9.47 Å². The Hall–Kier alpha value is -1.14. The molecule has 0 heterocycles. The van der Waals surface area contributed by atoms with Gasteiger partial charge in [0.15, 0.2) is 0 Å². The SMILES string of the molecule is CCCCCCCCCC(=O)OCCCCCCCN(CCO)CCCCC1(CCC(=O)OCC(CCCCCCC)CCCCCCC)CC1. The molecule has 0 spiro atoms. The maximum atomic E-state index is 12.8. The Morgan fingerprint density at radius 1 is 0.549 bits per heavy atom. The van der Waals surface area contributed by atoms with Gasteiger partial charge in [0.05, 0.1) is 19.8 Å². The van der Waals surface area contributed by atoms with Crippen molar-refractivity contribution in [3.05, 3.63) is 0 Å². The lowest BCUT2D eigenvalue weighted by molar-refractivity contribution is -0.146. The summed E-state index contributed by atoms with van der Waals surface area (Å²) >= 11 is 0. The van der Waals surface area contributed by atoms with E-state index in [0.717, 1.165) is 64.6 Å². The lowest BCUT2D eigenvalue weighted by atomic mass is 9.93. The highest BCUT2D eigenvalue weighted by Crippen LogP contribution is 2.53. The Morgan fingerprint density at radius 2 is 1.04 bits per heavy atom. The summed E-state index contributed by atoms with van der Waals surface area (Å²) in [6.45, 7) is 11.0. The van der Waals surface area contributed by atoms with Gasteiger partial charge in [0.2, 0.25) is 0 Å². The molecule has 6 heteroatoms. The molecule has 51 heavy (non-hydrogen) atoms. The van der Waals surface area contributed by atoms with E-state index < -0.39 is 0 Å². The molecule has 0 aliphatic heterocycles. The van der Waals surface area contributed by atoms with Crippen LogP contribution >= 0.6 is 0 Å². The van der Waals surface area contributed by atoms with Gasteiger partial charge >= 0.3 is 11.9 Å². The van der Waals surface area contributed by atoms with Gasteiger partial charge in [-0.1, -0.05) is 149 Å². The number of carbonyl (C=O) groups is 2. The Labute approximate surface area is 317 Å². The number of rotatable bonds is 40. The average Bonchev–Trinajstić information content (AvgIpc) is 3.91. The van der Waals surface area contributed by atoms with E-state index >= 15 is 0 Å². The van der Waals surface area contributed by atoms with Crippen LogP contribution in [0.2, 0.25) is 0 Å². The minimum Gasteiger partial charge on any atom is -0.466 e. The van der Waals surface area contributed by atoms with Crippen molar-refractivity contribution in [2.75, 3.05) is 39.5 Å². The number of hydrogen-bond acceptors (Lipinski definition) is 6. The van der Waals surface area contributed by atoms with Crippen LogP contribution in [-0.2, 0) is 19.1 Å². The van der Waals surface area contributed by atoms with E-state index in [0.29, 0.717) is 37.4 Å². The maximum Gasteiger partial charge on any atom is 0.305 e. The van der Waals surface area contributed by atoms with Gasteiger partial charge in [0, 0.05) is 19.4 Å². The number of esters is 2. The first-order chi connectivity index (χ1) is 25.0. The summed E-state index contributed by atoms with van der Waals surface area (Å²) in [5.74, 6) is 0.538. The Bertz CT molecular complexity index is 771. The van der Waals surface area contributed by atoms with Crippen LogP contribution in [0.1, 0.15) is 226 Å². The van der Waals surface area contributed by atoms with Crippen molar-refractivity contribution in [1.82, 2.24) is 4.90 Å². The number of unbranched alkanes of at least 4 members (excludes halogenated alkanes) is 19. The number of nitrogens with zero attached hydrogens (tertiary/aromatic N) is 1. The zero-order chi connectivity index (χ0) is 37.1. The molecule has 1 rings (SSSR count). The molecule has 6 nitrogen and oxygen atoms in total. The number of aliphatic hydroxyl groups excluding tert-OH is 1. The smallest absolute Gasteiger partial charge is 0.305 e. The van der Waals surface area contributed by atoms with Gasteiger partial charge in [-0.25, -0.2) is 0 Å². The van der Waals surface area contributed by atoms with Crippen LogP contribution < -0.4 is 0 Å². The lowest BCUT2D eigenvalue weighted by Crippen LogP contribution is -2.29. The summed E-state index contributed by atoms with van der Waals surface area (Å²) in [6.07, 6.45) is 37.9. The molecule has 1 N–H and O–H groups in total. The van der Waals surface area contributed by atoms with E-state index in [1.54, 1.807) is 0 Å². The summed E-state index contributed by atoms with van der Waals surface area (Å²) in [7, 11) is 0. The van der Waals surface area contributed by atoms with Crippen molar-refractivity contribution in [2.24, 2.45) is 11.3 Å². The Balaban J connectivity index is 2.14. The van der Waals surface area contributed by atoms with Gasteiger partial charge in [-0.15, -0.1) is 0 Å². The van der Waals surface area contributed by atoms with Crippen molar-refractivity contribution >= 4 is 11.9 Å². The van der Waals surface area contributed by atoms with Crippen molar-refractivity contribution in [3.8, 4) is 0 Å². The lowest BCUT2D eigenvalue weighted by Gasteiger charge is -2.22. The fourth-order valence-corrected chi connectivity index (χ4v) is 7.60. The van der Waals surface area contributed by atoms with Crippen molar-refractivity contribution in [1.29, 1.82) is 0 Å². The predicted octanol–water partition coefficient (Wildman–Crippen LogP) is 12.5. The molecular formula is C45H87NO5. The molecule has 1 aliphatic rings. The third kappa shape index (κ3) is 29.9. The fraction of sp³-hybridized carbons (Fsp3) is 0.956. The number of ether oxygens (including phenoxy) is 2. The monoisotopic (exact) mass is 722 g/mol. The topological polar surface area (TPSA) is 76.1 Å². The highest BCUT2D eigenvalue weighted by atomic mass is 16.5. The van der Waals surface area contributed by atoms with Gasteiger partial charge < -0.3 is 19.5 Å². The first-order valence-corrected chi connectivity index (χ1v) is 22.6. The average molecular weight is 722 g/mol. The molecule has 302 valence electrons. The Kier molecular flexibility index (Phi) is 32.5. The van der Waals surface area contributed by atoms with Crippen LogP contribution in [0.25, 0.3) is 0 Å².